The summed E-state index contributed by atoms with van der Waals surface area (Å²) in [5.74, 6) is 1.04. The van der Waals surface area contributed by atoms with Gasteiger partial charge >= 0.3 is 5.97 Å². The molecule has 0 fully saturated rings. The maximum atomic E-state index is 12.2. The molecule has 0 aliphatic heterocycles. The quantitative estimate of drug-likeness (QED) is 0.559. The number of ether oxygens (including phenoxy) is 1. The fourth-order valence-electron chi connectivity index (χ4n) is 2.82. The smallest absolute Gasteiger partial charge is 0.343 e. The number of carbonyl (C=O) groups is 1. The van der Waals surface area contributed by atoms with Crippen LogP contribution in [0.2, 0.25) is 0 Å². The van der Waals surface area contributed by atoms with Crippen LogP contribution in [0, 0.1) is 12.8 Å². The second kappa shape index (κ2) is 6.82. The summed E-state index contributed by atoms with van der Waals surface area (Å²) in [5.41, 5.74) is 4.33. The number of esters is 1. The highest BCUT2D eigenvalue weighted by Gasteiger charge is 2.13. The molecule has 2 aromatic carbocycles. The van der Waals surface area contributed by atoms with E-state index < -0.39 is 0 Å². The lowest BCUT2D eigenvalue weighted by molar-refractivity contribution is 0.0734. The van der Waals surface area contributed by atoms with Crippen molar-refractivity contribution in [1.82, 2.24) is 0 Å². The molecule has 0 spiro atoms. The largest absolute Gasteiger partial charge is 0.423 e. The third-order valence-electron chi connectivity index (χ3n) is 4.40. The molecule has 1 aliphatic carbocycles. The monoisotopic (exact) mass is 306 g/mol. The van der Waals surface area contributed by atoms with Gasteiger partial charge in [-0.2, -0.15) is 0 Å². The molecule has 2 heteroatoms. The number of hydrogen-bond donors (Lipinski definition) is 0. The Labute approximate surface area is 137 Å². The predicted molar refractivity (Wildman–Crippen MR) is 93.6 cm³/mol. The number of aryl methyl sites for hydroxylation is 1. The Morgan fingerprint density at radius 1 is 1.04 bits per heavy atom. The third-order valence-corrected chi connectivity index (χ3v) is 4.40. The lowest BCUT2D eigenvalue weighted by atomic mass is 9.87. The fourth-order valence-corrected chi connectivity index (χ4v) is 2.82. The molecule has 23 heavy (non-hydrogen) atoms. The van der Waals surface area contributed by atoms with Crippen LogP contribution >= 0.6 is 0 Å². The van der Waals surface area contributed by atoms with Crippen LogP contribution in [0.5, 0.6) is 5.75 Å². The van der Waals surface area contributed by atoms with Crippen LogP contribution < -0.4 is 4.74 Å². The van der Waals surface area contributed by atoms with E-state index in [4.69, 9.17) is 4.74 Å². The van der Waals surface area contributed by atoms with Gasteiger partial charge in [0.05, 0.1) is 5.56 Å². The van der Waals surface area contributed by atoms with Crippen molar-refractivity contribution in [3.63, 3.8) is 0 Å². The summed E-state index contributed by atoms with van der Waals surface area (Å²) in [6.07, 6.45) is 5.83. The van der Waals surface area contributed by atoms with Gasteiger partial charge in [-0.05, 0) is 67.5 Å². The van der Waals surface area contributed by atoms with E-state index in [0.29, 0.717) is 11.3 Å². The van der Waals surface area contributed by atoms with Crippen molar-refractivity contribution >= 4 is 11.5 Å². The molecule has 0 amide bonds. The first-order valence-electron chi connectivity index (χ1n) is 8.20. The Morgan fingerprint density at radius 3 is 2.35 bits per heavy atom. The minimum atomic E-state index is -0.313. The van der Waals surface area contributed by atoms with E-state index in [1.807, 2.05) is 55.5 Å². The molecule has 0 N–H and O–H groups in total. The zero-order valence-corrected chi connectivity index (χ0v) is 13.7. The molecule has 0 saturated carbocycles. The van der Waals surface area contributed by atoms with Crippen molar-refractivity contribution in [2.75, 3.05) is 0 Å². The SMILES string of the molecule is Cc1ccc(OC(=O)c2ccc(C3=CCC(C)CC3)cc2)cc1. The molecular formula is C21H22O2. The second-order valence-corrected chi connectivity index (χ2v) is 6.39. The maximum absolute atomic E-state index is 12.2. The Kier molecular flexibility index (Phi) is 4.61. The highest BCUT2D eigenvalue weighted by atomic mass is 16.5. The summed E-state index contributed by atoms with van der Waals surface area (Å²) in [4.78, 5) is 12.2. The highest BCUT2D eigenvalue weighted by molar-refractivity contribution is 5.91. The minimum absolute atomic E-state index is 0.313. The van der Waals surface area contributed by atoms with Gasteiger partial charge < -0.3 is 4.74 Å². The van der Waals surface area contributed by atoms with Gasteiger partial charge in [0.25, 0.3) is 0 Å². The summed E-state index contributed by atoms with van der Waals surface area (Å²) in [5, 5.41) is 0. The summed E-state index contributed by atoms with van der Waals surface area (Å²) >= 11 is 0. The Morgan fingerprint density at radius 2 is 1.74 bits per heavy atom. The lowest BCUT2D eigenvalue weighted by Crippen LogP contribution is -2.08. The van der Waals surface area contributed by atoms with E-state index >= 15 is 0 Å². The zero-order valence-electron chi connectivity index (χ0n) is 13.7. The standard InChI is InChI=1S/C21H22O2/c1-15-3-7-17(8-4-15)18-9-11-19(12-10-18)21(22)23-20-13-5-16(2)6-14-20/h5-7,9-15H,3-4,8H2,1-2H3. The molecule has 0 saturated heterocycles. The van der Waals surface area contributed by atoms with Crippen LogP contribution in [0.4, 0.5) is 0 Å². The average molecular weight is 306 g/mol. The van der Waals surface area contributed by atoms with Crippen molar-refractivity contribution in [2.45, 2.75) is 33.1 Å². The summed E-state index contributed by atoms with van der Waals surface area (Å²) in [7, 11) is 0. The average Bonchev–Trinajstić information content (AvgIpc) is 2.58. The van der Waals surface area contributed by atoms with Crippen molar-refractivity contribution in [2.24, 2.45) is 5.92 Å². The number of hydrogen-bond acceptors (Lipinski definition) is 2. The first-order valence-corrected chi connectivity index (χ1v) is 8.20. The van der Waals surface area contributed by atoms with Gasteiger partial charge in [-0.15, -0.1) is 0 Å². The van der Waals surface area contributed by atoms with Gasteiger partial charge in [0.15, 0.2) is 0 Å². The molecule has 2 aromatic rings. The van der Waals surface area contributed by atoms with E-state index in [0.717, 1.165) is 24.3 Å². The predicted octanol–water partition coefficient (Wildman–Crippen LogP) is 5.42. The van der Waals surface area contributed by atoms with Crippen LogP contribution in [0.25, 0.3) is 5.57 Å². The first kappa shape index (κ1) is 15.5. The molecule has 0 bridgehead atoms. The van der Waals surface area contributed by atoms with Gasteiger partial charge in [-0.25, -0.2) is 4.79 Å². The van der Waals surface area contributed by atoms with E-state index in [-0.39, 0.29) is 5.97 Å². The van der Waals surface area contributed by atoms with Crippen LogP contribution in [0.1, 0.15) is 47.7 Å². The van der Waals surface area contributed by atoms with Crippen molar-refractivity contribution in [3.8, 4) is 5.75 Å². The van der Waals surface area contributed by atoms with Crippen LogP contribution in [-0.4, -0.2) is 5.97 Å². The van der Waals surface area contributed by atoms with E-state index in [1.54, 1.807) is 0 Å². The molecule has 2 nitrogen and oxygen atoms in total. The Bertz CT molecular complexity index is 709. The molecule has 0 heterocycles. The fraction of sp³-hybridized carbons (Fsp3) is 0.286. The van der Waals surface area contributed by atoms with Gasteiger partial charge in [0.1, 0.15) is 5.75 Å². The van der Waals surface area contributed by atoms with E-state index in [1.165, 1.54) is 17.6 Å². The second-order valence-electron chi connectivity index (χ2n) is 6.39. The number of benzene rings is 2. The normalized spacial score (nSPS) is 17.5. The van der Waals surface area contributed by atoms with Gasteiger partial charge in [-0.1, -0.05) is 42.8 Å². The lowest BCUT2D eigenvalue weighted by Gasteiger charge is -2.18. The van der Waals surface area contributed by atoms with Crippen LogP contribution in [0.3, 0.4) is 0 Å². The Hall–Kier alpha value is -2.35. The molecule has 0 radical (unpaired) electrons. The third kappa shape index (κ3) is 3.89. The van der Waals surface area contributed by atoms with Crippen molar-refractivity contribution < 1.29 is 9.53 Å². The summed E-state index contributed by atoms with van der Waals surface area (Å²) in [6.45, 7) is 4.29. The van der Waals surface area contributed by atoms with Crippen molar-refractivity contribution in [1.29, 1.82) is 0 Å². The number of carbonyl (C=O) groups excluding carboxylic acids is 1. The summed E-state index contributed by atoms with van der Waals surface area (Å²) in [6, 6.07) is 15.2. The zero-order chi connectivity index (χ0) is 16.2. The van der Waals surface area contributed by atoms with Crippen molar-refractivity contribution in [3.05, 3.63) is 71.3 Å². The topological polar surface area (TPSA) is 26.3 Å². The first-order chi connectivity index (χ1) is 11.1. The van der Waals surface area contributed by atoms with Crippen LogP contribution in [0.15, 0.2) is 54.6 Å². The van der Waals surface area contributed by atoms with E-state index in [2.05, 4.69) is 13.0 Å². The van der Waals surface area contributed by atoms with Gasteiger partial charge in [0, 0.05) is 0 Å². The highest BCUT2D eigenvalue weighted by Crippen LogP contribution is 2.30. The number of rotatable bonds is 3. The molecular weight excluding hydrogens is 284 g/mol. The molecule has 3 rings (SSSR count). The van der Waals surface area contributed by atoms with E-state index in [9.17, 15) is 4.79 Å². The minimum Gasteiger partial charge on any atom is -0.423 e. The van der Waals surface area contributed by atoms with Crippen LogP contribution in [-0.2, 0) is 0 Å². The van der Waals surface area contributed by atoms with Gasteiger partial charge in [-0.3, -0.25) is 0 Å². The molecule has 118 valence electrons. The molecule has 1 atom stereocenters. The molecule has 0 aromatic heterocycles. The summed E-state index contributed by atoms with van der Waals surface area (Å²) < 4.78 is 5.40. The number of allylic oxidation sites excluding steroid dienone is 2. The molecule has 1 unspecified atom stereocenters. The van der Waals surface area contributed by atoms with Gasteiger partial charge in [0.2, 0.25) is 0 Å². The molecule has 1 aliphatic rings. The Balaban J connectivity index is 1.69. The maximum Gasteiger partial charge on any atom is 0.343 e.